The van der Waals surface area contributed by atoms with Gasteiger partial charge in [-0.1, -0.05) is 38.8 Å². The molecule has 3 rings (SSSR count). The number of benzene rings is 1. The van der Waals surface area contributed by atoms with Crippen molar-refractivity contribution in [2.45, 2.75) is 90.1 Å². The summed E-state index contributed by atoms with van der Waals surface area (Å²) in [5, 5.41) is 0. The van der Waals surface area contributed by atoms with Crippen LogP contribution in [0.2, 0.25) is 0 Å². The Labute approximate surface area is 179 Å². The number of halogens is 4. The van der Waals surface area contributed by atoms with Gasteiger partial charge in [-0.2, -0.15) is 13.2 Å². The molecule has 1 atom stereocenters. The lowest BCUT2D eigenvalue weighted by atomic mass is 9.66. The number of alkyl halides is 3. The predicted molar refractivity (Wildman–Crippen MR) is 116 cm³/mol. The molecule has 0 nitrogen and oxygen atoms in total. The maximum absolute atomic E-state index is 14.3. The summed E-state index contributed by atoms with van der Waals surface area (Å²) in [6.07, 6.45) is 9.12. The summed E-state index contributed by atoms with van der Waals surface area (Å²) < 4.78 is 51.2. The molecule has 30 heavy (non-hydrogen) atoms. The lowest BCUT2D eigenvalue weighted by Gasteiger charge is -2.39. The monoisotopic (exact) mass is 424 g/mol. The van der Waals surface area contributed by atoms with Gasteiger partial charge in [-0.3, -0.25) is 0 Å². The van der Waals surface area contributed by atoms with Crippen LogP contribution < -0.4 is 0 Å². The Bertz CT molecular complexity index is 689. The first-order valence-electron chi connectivity index (χ1n) is 11.8. The zero-order valence-electron chi connectivity index (χ0n) is 18.4. The van der Waals surface area contributed by atoms with Crippen LogP contribution in [0.5, 0.6) is 0 Å². The average molecular weight is 425 g/mol. The molecule has 4 heteroatoms. The molecule has 1 aromatic carbocycles. The van der Waals surface area contributed by atoms with Crippen LogP contribution >= 0.6 is 0 Å². The smallest absolute Gasteiger partial charge is 0.206 e. The molecule has 2 aliphatic carbocycles. The molecule has 0 radical (unpaired) electrons. The highest BCUT2D eigenvalue weighted by Crippen LogP contribution is 2.45. The van der Waals surface area contributed by atoms with E-state index in [1.807, 2.05) is 6.07 Å². The van der Waals surface area contributed by atoms with E-state index < -0.39 is 12.0 Å². The van der Waals surface area contributed by atoms with Gasteiger partial charge in [0.1, 0.15) is 5.82 Å². The second-order valence-corrected chi connectivity index (χ2v) is 9.71. The van der Waals surface area contributed by atoms with E-state index in [1.165, 1.54) is 63.5 Å². The third-order valence-electron chi connectivity index (χ3n) is 7.75. The average Bonchev–Trinajstić information content (AvgIpc) is 2.72. The second-order valence-electron chi connectivity index (χ2n) is 9.71. The normalized spacial score (nSPS) is 29.3. The van der Waals surface area contributed by atoms with Gasteiger partial charge in [-0.15, -0.1) is 0 Å². The summed E-state index contributed by atoms with van der Waals surface area (Å²) in [5.74, 6) is 3.18. The van der Waals surface area contributed by atoms with Crippen molar-refractivity contribution in [3.05, 3.63) is 41.2 Å². The molecule has 168 valence electrons. The zero-order chi connectivity index (χ0) is 21.7. The molecule has 2 saturated carbocycles. The van der Waals surface area contributed by atoms with Gasteiger partial charge < -0.3 is 0 Å². The molecule has 2 fully saturated rings. The van der Waals surface area contributed by atoms with Crippen LogP contribution in [0.25, 0.3) is 6.08 Å². The minimum Gasteiger partial charge on any atom is -0.206 e. The maximum atomic E-state index is 14.3. The maximum Gasteiger partial charge on any atom is 0.409 e. The molecule has 0 aliphatic heterocycles. The molecule has 0 bridgehead atoms. The number of allylic oxidation sites excluding steroid dienone is 1. The number of rotatable bonds is 6. The van der Waals surface area contributed by atoms with E-state index in [0.717, 1.165) is 48.2 Å². The fourth-order valence-electron chi connectivity index (χ4n) is 5.92. The van der Waals surface area contributed by atoms with Crippen LogP contribution in [0.1, 0.15) is 95.1 Å². The van der Waals surface area contributed by atoms with E-state index in [1.54, 1.807) is 0 Å². The molecule has 0 spiro atoms. The van der Waals surface area contributed by atoms with E-state index in [0.29, 0.717) is 5.92 Å². The fourth-order valence-corrected chi connectivity index (χ4v) is 5.92. The van der Waals surface area contributed by atoms with Crippen molar-refractivity contribution in [1.82, 2.24) is 0 Å². The van der Waals surface area contributed by atoms with E-state index in [4.69, 9.17) is 0 Å². The van der Waals surface area contributed by atoms with Crippen LogP contribution in [0, 0.1) is 29.5 Å². The molecule has 0 saturated heterocycles. The second kappa shape index (κ2) is 10.3. The van der Waals surface area contributed by atoms with Crippen molar-refractivity contribution in [2.24, 2.45) is 23.7 Å². The quantitative estimate of drug-likeness (QED) is 0.400. The van der Waals surface area contributed by atoms with Crippen LogP contribution in [0.3, 0.4) is 0 Å². The van der Waals surface area contributed by atoms with E-state index in [2.05, 4.69) is 13.8 Å². The highest BCUT2D eigenvalue weighted by atomic mass is 19.4. The van der Waals surface area contributed by atoms with Gasteiger partial charge in [0.2, 0.25) is 0 Å². The molecule has 0 aromatic heterocycles. The Balaban J connectivity index is 1.50. The van der Waals surface area contributed by atoms with Crippen LogP contribution in [0.4, 0.5) is 17.6 Å². The molecule has 1 aromatic rings. The first-order chi connectivity index (χ1) is 14.3. The Kier molecular flexibility index (Phi) is 8.04. The molecule has 1 unspecified atom stereocenters. The Hall–Kier alpha value is -1.32. The van der Waals surface area contributed by atoms with E-state index >= 15 is 0 Å². The summed E-state index contributed by atoms with van der Waals surface area (Å²) in [4.78, 5) is 0. The highest BCUT2D eigenvalue weighted by molar-refractivity contribution is 5.51. The highest BCUT2D eigenvalue weighted by Gasteiger charge is 2.32. The lowest BCUT2D eigenvalue weighted by Crippen LogP contribution is -2.27. The van der Waals surface area contributed by atoms with Crippen LogP contribution in [0.15, 0.2) is 24.3 Å². The minimum atomic E-state index is -4.42. The molecule has 2 aliphatic rings. The minimum absolute atomic E-state index is 0.00109. The topological polar surface area (TPSA) is 0 Å². The van der Waals surface area contributed by atoms with E-state index in [-0.39, 0.29) is 11.6 Å². The third kappa shape index (κ3) is 6.34. The third-order valence-corrected chi connectivity index (χ3v) is 7.75. The summed E-state index contributed by atoms with van der Waals surface area (Å²) in [5.41, 5.74) is 0.936. The summed E-state index contributed by atoms with van der Waals surface area (Å²) in [6, 6.07) is 4.74. The van der Waals surface area contributed by atoms with E-state index in [9.17, 15) is 17.6 Å². The summed E-state index contributed by atoms with van der Waals surface area (Å²) in [6.45, 7) is 4.70. The standard InChI is InChI=1S/C26H36F4/c1-3-4-18(2)19-5-7-20(8-6-19)21-9-11-22(12-10-21)24-14-13-23(25(27)17-24)15-16-26(28,29)30/h13-22H,3-12H2,1-2H3/b16-15+. The van der Waals surface area contributed by atoms with Crippen LogP contribution in [-0.4, -0.2) is 6.18 Å². The summed E-state index contributed by atoms with van der Waals surface area (Å²) >= 11 is 0. The predicted octanol–water partition coefficient (Wildman–Crippen LogP) is 8.92. The first-order valence-corrected chi connectivity index (χ1v) is 11.8. The Morgan fingerprint density at radius 2 is 1.57 bits per heavy atom. The van der Waals surface area contributed by atoms with Gasteiger partial charge in [0.05, 0.1) is 0 Å². The SMILES string of the molecule is CCCC(C)C1CCC(C2CCC(c3ccc(/C=C/C(F)(F)F)c(F)c3)CC2)CC1. The summed E-state index contributed by atoms with van der Waals surface area (Å²) in [7, 11) is 0. The van der Waals surface area contributed by atoms with Crippen molar-refractivity contribution in [3.63, 3.8) is 0 Å². The van der Waals surface area contributed by atoms with Gasteiger partial charge in [0, 0.05) is 11.6 Å². The fraction of sp³-hybridized carbons (Fsp3) is 0.692. The molecule has 0 heterocycles. The Morgan fingerprint density at radius 3 is 2.10 bits per heavy atom. The van der Waals surface area contributed by atoms with Crippen molar-refractivity contribution in [3.8, 4) is 0 Å². The first kappa shape index (κ1) is 23.3. The van der Waals surface area contributed by atoms with Crippen LogP contribution in [-0.2, 0) is 0 Å². The van der Waals surface area contributed by atoms with Gasteiger partial charge in [0.25, 0.3) is 0 Å². The van der Waals surface area contributed by atoms with Gasteiger partial charge >= 0.3 is 6.18 Å². The molecular formula is C26H36F4. The van der Waals surface area contributed by atoms with Gasteiger partial charge in [-0.25, -0.2) is 4.39 Å². The Morgan fingerprint density at radius 1 is 0.967 bits per heavy atom. The molecule has 0 N–H and O–H groups in total. The molecule has 0 amide bonds. The number of hydrogen-bond acceptors (Lipinski definition) is 0. The molecular weight excluding hydrogens is 388 g/mol. The van der Waals surface area contributed by atoms with Crippen molar-refractivity contribution in [1.29, 1.82) is 0 Å². The largest absolute Gasteiger partial charge is 0.409 e. The van der Waals surface area contributed by atoms with Crippen molar-refractivity contribution < 1.29 is 17.6 Å². The van der Waals surface area contributed by atoms with Gasteiger partial charge in [-0.05, 0) is 98.7 Å². The zero-order valence-corrected chi connectivity index (χ0v) is 18.4. The van der Waals surface area contributed by atoms with Crippen molar-refractivity contribution in [2.75, 3.05) is 0 Å². The van der Waals surface area contributed by atoms with Gasteiger partial charge in [0.15, 0.2) is 0 Å². The lowest BCUT2D eigenvalue weighted by molar-refractivity contribution is -0.0790. The number of hydrogen-bond donors (Lipinski definition) is 0. The van der Waals surface area contributed by atoms with Crippen molar-refractivity contribution >= 4 is 6.08 Å².